The first-order chi connectivity index (χ1) is 17.1. The van der Waals surface area contributed by atoms with E-state index >= 15 is 4.39 Å². The Hall–Kier alpha value is -4.50. The summed E-state index contributed by atoms with van der Waals surface area (Å²) in [6.07, 6.45) is 4.07. The lowest BCUT2D eigenvalue weighted by Gasteiger charge is -2.12. The minimum absolute atomic E-state index is 0.205. The molecule has 0 bridgehead atoms. The molecule has 0 saturated carbocycles. The van der Waals surface area contributed by atoms with Crippen LogP contribution in [0.5, 0.6) is 0 Å². The first-order valence-corrected chi connectivity index (χ1v) is 11.5. The summed E-state index contributed by atoms with van der Waals surface area (Å²) in [5.74, 6) is -0.554. The fourth-order valence-electron chi connectivity index (χ4n) is 4.85. The first kappa shape index (κ1) is 21.1. The van der Waals surface area contributed by atoms with Gasteiger partial charge in [0.25, 0.3) is 0 Å². The Morgan fingerprint density at radius 3 is 1.94 bits per heavy atom. The quantitative estimate of drug-likeness (QED) is 0.152. The van der Waals surface area contributed by atoms with E-state index in [-0.39, 0.29) is 11.8 Å². The highest BCUT2D eigenvalue weighted by molar-refractivity contribution is 6.27. The molecule has 3 heteroatoms. The van der Waals surface area contributed by atoms with Crippen molar-refractivity contribution < 1.29 is 13.9 Å². The van der Waals surface area contributed by atoms with Gasteiger partial charge in [0.15, 0.2) is 0 Å². The minimum atomic E-state index is -0.349. The number of carbonyl (C=O) groups excluding carboxylic acids is 1. The van der Waals surface area contributed by atoms with Gasteiger partial charge in [0.1, 0.15) is 5.82 Å². The molecule has 0 aliphatic rings. The molecule has 6 aromatic rings. The number of fused-ring (bicyclic) bond motifs is 7. The molecule has 168 valence electrons. The molecule has 0 amide bonds. The zero-order valence-corrected chi connectivity index (χ0v) is 19.1. The van der Waals surface area contributed by atoms with Crippen LogP contribution in [-0.4, -0.2) is 13.1 Å². The second-order valence-corrected chi connectivity index (χ2v) is 8.66. The number of methoxy groups -OCH3 is 1. The van der Waals surface area contributed by atoms with Crippen LogP contribution in [0.15, 0.2) is 97.1 Å². The van der Waals surface area contributed by atoms with Crippen molar-refractivity contribution >= 4 is 61.2 Å². The average Bonchev–Trinajstić information content (AvgIpc) is 2.91. The third kappa shape index (κ3) is 3.62. The molecule has 0 radical (unpaired) electrons. The van der Waals surface area contributed by atoms with Crippen molar-refractivity contribution in [3.63, 3.8) is 0 Å². The van der Waals surface area contributed by atoms with Crippen molar-refractivity contribution in [2.75, 3.05) is 7.11 Å². The number of rotatable bonds is 3. The molecular weight excluding hydrogens is 435 g/mol. The van der Waals surface area contributed by atoms with Crippen molar-refractivity contribution in [1.82, 2.24) is 0 Å². The van der Waals surface area contributed by atoms with Crippen molar-refractivity contribution in [3.05, 3.63) is 120 Å². The molecule has 2 nitrogen and oxygen atoms in total. The Morgan fingerprint density at radius 1 is 0.657 bits per heavy atom. The number of carbonyl (C=O) groups is 1. The van der Waals surface area contributed by atoms with Crippen LogP contribution in [0.3, 0.4) is 0 Å². The van der Waals surface area contributed by atoms with Crippen LogP contribution in [0.4, 0.5) is 4.39 Å². The summed E-state index contributed by atoms with van der Waals surface area (Å²) in [4.78, 5) is 11.7. The first-order valence-electron chi connectivity index (χ1n) is 11.5. The molecule has 6 aromatic carbocycles. The highest BCUT2D eigenvalue weighted by Gasteiger charge is 2.12. The van der Waals surface area contributed by atoms with E-state index in [2.05, 4.69) is 54.6 Å². The summed E-state index contributed by atoms with van der Waals surface area (Å²) in [6.45, 7) is 0. The summed E-state index contributed by atoms with van der Waals surface area (Å²) in [6, 6.07) is 31.3. The van der Waals surface area contributed by atoms with Gasteiger partial charge < -0.3 is 4.74 Å². The van der Waals surface area contributed by atoms with Gasteiger partial charge in [-0.3, -0.25) is 0 Å². The summed E-state index contributed by atoms with van der Waals surface area (Å²) >= 11 is 0. The zero-order chi connectivity index (χ0) is 23.9. The number of ether oxygens (including phenoxy) is 1. The standard InChI is InChI=1S/C32H21FO2/c1-35-32(34)26-11-7-20(8-12-26)5-6-21-9-10-22-13-14-24-16-18-25-17-15-23-3-2-4-28(33)30(23)31(25)29(24)27(22)19-21/h2-19H,1H3/b6-5+. The molecule has 0 N–H and O–H groups in total. The van der Waals surface area contributed by atoms with Crippen molar-refractivity contribution in [1.29, 1.82) is 0 Å². The van der Waals surface area contributed by atoms with Crippen LogP contribution in [-0.2, 0) is 4.74 Å². The third-order valence-electron chi connectivity index (χ3n) is 6.60. The van der Waals surface area contributed by atoms with E-state index in [4.69, 9.17) is 4.74 Å². The Morgan fingerprint density at radius 2 is 1.23 bits per heavy atom. The largest absolute Gasteiger partial charge is 0.465 e. The maximum absolute atomic E-state index is 15.1. The van der Waals surface area contributed by atoms with Crippen LogP contribution < -0.4 is 0 Å². The van der Waals surface area contributed by atoms with Gasteiger partial charge in [0, 0.05) is 10.8 Å². The van der Waals surface area contributed by atoms with E-state index in [0.29, 0.717) is 10.9 Å². The minimum Gasteiger partial charge on any atom is -0.465 e. The second kappa shape index (κ2) is 8.37. The van der Waals surface area contributed by atoms with Gasteiger partial charge in [-0.2, -0.15) is 0 Å². The second-order valence-electron chi connectivity index (χ2n) is 8.66. The van der Waals surface area contributed by atoms with Gasteiger partial charge in [-0.05, 0) is 67.7 Å². The van der Waals surface area contributed by atoms with Gasteiger partial charge in [0.05, 0.1) is 12.7 Å². The lowest BCUT2D eigenvalue weighted by molar-refractivity contribution is 0.0600. The molecule has 0 aliphatic carbocycles. The Bertz CT molecular complexity index is 1790. The molecule has 0 saturated heterocycles. The highest BCUT2D eigenvalue weighted by atomic mass is 19.1. The Balaban J connectivity index is 1.54. The highest BCUT2D eigenvalue weighted by Crippen LogP contribution is 2.37. The zero-order valence-electron chi connectivity index (χ0n) is 19.1. The van der Waals surface area contributed by atoms with E-state index in [1.54, 1.807) is 18.2 Å². The molecule has 0 fully saturated rings. The third-order valence-corrected chi connectivity index (χ3v) is 6.60. The lowest BCUT2D eigenvalue weighted by Crippen LogP contribution is -2.00. The number of benzene rings is 6. The van der Waals surface area contributed by atoms with Crippen LogP contribution in [0.1, 0.15) is 21.5 Å². The van der Waals surface area contributed by atoms with Gasteiger partial charge >= 0.3 is 5.97 Å². The number of halogens is 1. The normalized spacial score (nSPS) is 11.7. The van der Waals surface area contributed by atoms with Crippen molar-refractivity contribution in [2.45, 2.75) is 0 Å². The number of esters is 1. The monoisotopic (exact) mass is 456 g/mol. The van der Waals surface area contributed by atoms with Crippen LogP contribution in [0.25, 0.3) is 55.2 Å². The number of hydrogen-bond donors (Lipinski definition) is 0. The molecule has 35 heavy (non-hydrogen) atoms. The predicted molar refractivity (Wildman–Crippen MR) is 143 cm³/mol. The predicted octanol–water partition coefficient (Wildman–Crippen LogP) is 8.40. The van der Waals surface area contributed by atoms with E-state index in [1.807, 2.05) is 30.3 Å². The van der Waals surface area contributed by atoms with Gasteiger partial charge in [-0.15, -0.1) is 0 Å². The van der Waals surface area contributed by atoms with E-state index < -0.39 is 0 Å². The van der Waals surface area contributed by atoms with Gasteiger partial charge in [-0.25, -0.2) is 9.18 Å². The average molecular weight is 457 g/mol. The fraction of sp³-hybridized carbons (Fsp3) is 0.0312. The summed E-state index contributed by atoms with van der Waals surface area (Å²) in [5.41, 5.74) is 2.54. The molecule has 0 aliphatic heterocycles. The molecule has 0 spiro atoms. The van der Waals surface area contributed by atoms with Crippen LogP contribution in [0.2, 0.25) is 0 Å². The van der Waals surface area contributed by atoms with Crippen LogP contribution in [0, 0.1) is 5.82 Å². The van der Waals surface area contributed by atoms with E-state index in [0.717, 1.165) is 48.8 Å². The summed E-state index contributed by atoms with van der Waals surface area (Å²) in [7, 11) is 1.37. The topological polar surface area (TPSA) is 26.3 Å². The molecule has 0 unspecified atom stereocenters. The van der Waals surface area contributed by atoms with Crippen LogP contribution >= 0.6 is 0 Å². The maximum atomic E-state index is 15.1. The van der Waals surface area contributed by atoms with Gasteiger partial charge in [-0.1, -0.05) is 84.9 Å². The molecule has 0 heterocycles. The van der Waals surface area contributed by atoms with E-state index in [9.17, 15) is 4.79 Å². The fourth-order valence-corrected chi connectivity index (χ4v) is 4.85. The number of hydrogen-bond acceptors (Lipinski definition) is 2. The SMILES string of the molecule is COC(=O)c1ccc(/C=C/c2ccc3ccc4ccc5ccc6cccc(F)c6c5c4c3c2)cc1. The Labute approximate surface area is 201 Å². The van der Waals surface area contributed by atoms with Gasteiger partial charge in [0.2, 0.25) is 0 Å². The van der Waals surface area contributed by atoms with Crippen molar-refractivity contribution in [2.24, 2.45) is 0 Å². The molecule has 0 atom stereocenters. The molecule has 6 rings (SSSR count). The smallest absolute Gasteiger partial charge is 0.337 e. The lowest BCUT2D eigenvalue weighted by atomic mass is 9.92. The summed E-state index contributed by atoms with van der Waals surface area (Å²) < 4.78 is 19.9. The molecule has 0 aromatic heterocycles. The van der Waals surface area contributed by atoms with E-state index in [1.165, 1.54) is 13.2 Å². The maximum Gasteiger partial charge on any atom is 0.337 e. The molecular formula is C32H21FO2. The summed E-state index contributed by atoms with van der Waals surface area (Å²) in [5, 5.41) is 7.87. The Kier molecular flexibility index (Phi) is 5.04. The van der Waals surface area contributed by atoms with Crippen molar-refractivity contribution in [3.8, 4) is 0 Å².